The fourth-order valence-corrected chi connectivity index (χ4v) is 6.56. The summed E-state index contributed by atoms with van der Waals surface area (Å²) in [5.74, 6) is 0.178. The van der Waals surface area contributed by atoms with Gasteiger partial charge in [0.1, 0.15) is 9.84 Å². The van der Waals surface area contributed by atoms with Gasteiger partial charge in [0.05, 0.1) is 23.7 Å². The molecule has 0 saturated carbocycles. The average Bonchev–Trinajstić information content (AvgIpc) is 3.31. The molecule has 0 bridgehead atoms. The Bertz CT molecular complexity index is 984. The Morgan fingerprint density at radius 1 is 1.40 bits per heavy atom. The van der Waals surface area contributed by atoms with Gasteiger partial charge < -0.3 is 4.74 Å². The van der Waals surface area contributed by atoms with Crippen LogP contribution in [0, 0.1) is 0 Å². The van der Waals surface area contributed by atoms with Crippen LogP contribution >= 0.6 is 11.3 Å². The molecule has 2 aliphatic heterocycles. The highest BCUT2D eigenvalue weighted by Gasteiger charge is 2.44. The topological polar surface area (TPSA) is 77.3 Å². The third-order valence-corrected chi connectivity index (χ3v) is 8.68. The van der Waals surface area contributed by atoms with Gasteiger partial charge in [-0.2, -0.15) is 0 Å². The Morgan fingerprint density at radius 3 is 2.97 bits per heavy atom. The van der Waals surface area contributed by atoms with Gasteiger partial charge in [-0.05, 0) is 44.2 Å². The van der Waals surface area contributed by atoms with Gasteiger partial charge in [-0.15, -0.1) is 16.4 Å². The van der Waals surface area contributed by atoms with E-state index in [9.17, 15) is 8.42 Å². The Kier molecular flexibility index (Phi) is 6.35. The van der Waals surface area contributed by atoms with Crippen molar-refractivity contribution in [2.75, 3.05) is 25.2 Å². The molecule has 30 heavy (non-hydrogen) atoms. The number of aromatic nitrogens is 3. The van der Waals surface area contributed by atoms with Crippen molar-refractivity contribution >= 4 is 21.2 Å². The second-order valence-corrected chi connectivity index (χ2v) is 12.2. The molecular weight excluding hydrogens is 420 g/mol. The molecule has 2 atom stereocenters. The molecule has 0 unspecified atom stereocenters. The molecule has 0 amide bonds. The number of nitrogens with zero attached hydrogens (tertiary/aromatic N) is 4. The van der Waals surface area contributed by atoms with Crippen LogP contribution in [0.1, 0.15) is 54.1 Å². The molecule has 1 spiro atoms. The van der Waals surface area contributed by atoms with E-state index >= 15 is 0 Å². The molecule has 0 aliphatic carbocycles. The number of sulfone groups is 1. The van der Waals surface area contributed by atoms with E-state index in [4.69, 9.17) is 4.74 Å². The zero-order valence-electron chi connectivity index (χ0n) is 18.1. The number of ether oxygens (including phenoxy) is 1. The number of likely N-dealkylation sites (tertiary alicyclic amines) is 1. The summed E-state index contributed by atoms with van der Waals surface area (Å²) in [4.78, 5) is 5.45. The molecule has 2 aromatic rings. The lowest BCUT2D eigenvalue weighted by Crippen LogP contribution is -2.50. The van der Waals surface area contributed by atoms with Crippen LogP contribution in [0.25, 0.3) is 0 Å². The van der Waals surface area contributed by atoms with E-state index in [2.05, 4.69) is 35.1 Å². The molecule has 166 valence electrons. The van der Waals surface area contributed by atoms with Crippen molar-refractivity contribution in [1.29, 1.82) is 0 Å². The summed E-state index contributed by atoms with van der Waals surface area (Å²) in [5.41, 5.74) is 2.25. The summed E-state index contributed by atoms with van der Waals surface area (Å²) >= 11 is 1.97. The molecule has 0 N–H and O–H groups in total. The maximum atomic E-state index is 11.3. The number of aryl methyl sites for hydroxylation is 2. The van der Waals surface area contributed by atoms with Crippen molar-refractivity contribution in [1.82, 2.24) is 19.9 Å². The lowest BCUT2D eigenvalue weighted by atomic mass is 9.79. The smallest absolute Gasteiger partial charge is 0.147 e. The van der Waals surface area contributed by atoms with Crippen molar-refractivity contribution in [3.63, 3.8) is 0 Å². The molecule has 2 aromatic heterocycles. The molecule has 0 radical (unpaired) electrons. The van der Waals surface area contributed by atoms with E-state index in [0.717, 1.165) is 51.1 Å². The van der Waals surface area contributed by atoms with E-state index in [1.165, 1.54) is 21.6 Å². The summed E-state index contributed by atoms with van der Waals surface area (Å²) in [5, 5.41) is 8.48. The van der Waals surface area contributed by atoms with E-state index in [1.807, 2.05) is 17.5 Å². The minimum Gasteiger partial charge on any atom is -0.370 e. The van der Waals surface area contributed by atoms with Crippen LogP contribution in [0.4, 0.5) is 0 Å². The van der Waals surface area contributed by atoms with E-state index in [-0.39, 0.29) is 11.4 Å². The SMILES string of the molecule is CCc1cc2c(s1)CCO[C@@]21CCN(Cc2cn(CCCS(C)(=O)=O)nn2)[C@@H](C)C1. The third-order valence-electron chi connectivity index (χ3n) is 6.31. The van der Waals surface area contributed by atoms with Crippen LogP contribution in [0.5, 0.6) is 0 Å². The van der Waals surface area contributed by atoms with Gasteiger partial charge in [0.25, 0.3) is 0 Å². The van der Waals surface area contributed by atoms with Crippen molar-refractivity contribution in [2.24, 2.45) is 0 Å². The predicted molar refractivity (Wildman–Crippen MR) is 118 cm³/mol. The van der Waals surface area contributed by atoms with E-state index in [0.29, 0.717) is 19.0 Å². The largest absolute Gasteiger partial charge is 0.370 e. The van der Waals surface area contributed by atoms with Gasteiger partial charge in [0.2, 0.25) is 0 Å². The summed E-state index contributed by atoms with van der Waals surface area (Å²) in [7, 11) is -2.93. The monoisotopic (exact) mass is 452 g/mol. The Labute approximate surface area is 183 Å². The van der Waals surface area contributed by atoms with Gasteiger partial charge in [-0.1, -0.05) is 12.1 Å². The fraction of sp³-hybridized carbons (Fsp3) is 0.714. The first-order valence-corrected chi connectivity index (χ1v) is 13.7. The molecule has 1 saturated heterocycles. The summed E-state index contributed by atoms with van der Waals surface area (Å²) in [6, 6.07) is 2.79. The fourth-order valence-electron chi connectivity index (χ4n) is 4.73. The maximum Gasteiger partial charge on any atom is 0.147 e. The molecule has 4 rings (SSSR count). The molecule has 1 fully saturated rings. The normalized spacial score (nSPS) is 25.0. The van der Waals surface area contributed by atoms with E-state index < -0.39 is 9.84 Å². The zero-order valence-corrected chi connectivity index (χ0v) is 19.8. The number of hydrogen-bond acceptors (Lipinski definition) is 7. The van der Waals surface area contributed by atoms with Crippen LogP contribution in [-0.4, -0.2) is 59.5 Å². The minimum absolute atomic E-state index is 0.128. The maximum absolute atomic E-state index is 11.3. The van der Waals surface area contributed by atoms with Gasteiger partial charge in [0, 0.05) is 54.3 Å². The van der Waals surface area contributed by atoms with Crippen LogP contribution in [0.2, 0.25) is 0 Å². The van der Waals surface area contributed by atoms with E-state index in [1.54, 1.807) is 4.68 Å². The molecule has 7 nitrogen and oxygen atoms in total. The van der Waals surface area contributed by atoms with Gasteiger partial charge in [-0.25, -0.2) is 8.42 Å². The third kappa shape index (κ3) is 4.79. The van der Waals surface area contributed by atoms with Gasteiger partial charge in [-0.3, -0.25) is 9.58 Å². The molecular formula is C21H32N4O3S2. The van der Waals surface area contributed by atoms with Crippen LogP contribution in [-0.2, 0) is 46.1 Å². The Hall–Kier alpha value is -1.29. The summed E-state index contributed by atoms with van der Waals surface area (Å²) < 4.78 is 30.8. The summed E-state index contributed by atoms with van der Waals surface area (Å²) in [6.45, 7) is 7.64. The standard InChI is InChI=1S/C21H32N4O3S2/c1-4-18-12-19-20(29-18)6-10-28-21(19)7-9-24(16(2)13-21)14-17-15-25(23-22-17)8-5-11-30(3,26)27/h12,15-16H,4-11,13-14H2,1-3H3/t16-,21+/m0/s1. The number of rotatable bonds is 7. The van der Waals surface area contributed by atoms with Crippen LogP contribution in [0.3, 0.4) is 0 Å². The molecule has 2 aliphatic rings. The quantitative estimate of drug-likeness (QED) is 0.643. The Balaban J connectivity index is 1.38. The number of fused-ring (bicyclic) bond motifs is 2. The highest BCUT2D eigenvalue weighted by molar-refractivity contribution is 7.90. The molecule has 0 aromatic carbocycles. The first-order chi connectivity index (χ1) is 14.3. The minimum atomic E-state index is -2.93. The van der Waals surface area contributed by atoms with Crippen molar-refractivity contribution < 1.29 is 13.2 Å². The summed E-state index contributed by atoms with van der Waals surface area (Å²) in [6.07, 6.45) is 7.92. The van der Waals surface area contributed by atoms with Crippen molar-refractivity contribution in [2.45, 2.75) is 70.7 Å². The van der Waals surface area contributed by atoms with Gasteiger partial charge in [0.15, 0.2) is 0 Å². The predicted octanol–water partition coefficient (Wildman–Crippen LogP) is 2.79. The highest BCUT2D eigenvalue weighted by Crippen LogP contribution is 2.46. The highest BCUT2D eigenvalue weighted by atomic mass is 32.2. The van der Waals surface area contributed by atoms with Crippen molar-refractivity contribution in [3.05, 3.63) is 33.3 Å². The van der Waals surface area contributed by atoms with Crippen LogP contribution < -0.4 is 0 Å². The zero-order chi connectivity index (χ0) is 21.4. The van der Waals surface area contributed by atoms with Crippen LogP contribution in [0.15, 0.2) is 12.3 Å². The molecule has 4 heterocycles. The van der Waals surface area contributed by atoms with Crippen molar-refractivity contribution in [3.8, 4) is 0 Å². The molecule has 9 heteroatoms. The second-order valence-electron chi connectivity index (χ2n) is 8.73. The number of piperidine rings is 1. The first-order valence-electron chi connectivity index (χ1n) is 10.8. The first kappa shape index (κ1) is 21.9. The number of thiophene rings is 1. The second kappa shape index (κ2) is 8.68. The number of hydrogen-bond donors (Lipinski definition) is 0. The Morgan fingerprint density at radius 2 is 2.23 bits per heavy atom. The lowest BCUT2D eigenvalue weighted by molar-refractivity contribution is -0.112. The van der Waals surface area contributed by atoms with Gasteiger partial charge >= 0.3 is 0 Å². The lowest BCUT2D eigenvalue weighted by Gasteiger charge is -2.47. The average molecular weight is 453 g/mol.